The molecular formula is C6H11FO2. The van der Waals surface area contributed by atoms with Crippen molar-refractivity contribution in [1.29, 1.82) is 0 Å². The monoisotopic (exact) mass is 134 g/mol. The first-order valence-corrected chi connectivity index (χ1v) is 2.85. The second-order valence-electron chi connectivity index (χ2n) is 1.99. The van der Waals surface area contributed by atoms with Crippen LogP contribution >= 0.6 is 0 Å². The number of hydrogen-bond donors (Lipinski definition) is 0. The van der Waals surface area contributed by atoms with Gasteiger partial charge in [0.1, 0.15) is 12.3 Å². The highest BCUT2D eigenvalue weighted by Crippen LogP contribution is 2.01. The van der Waals surface area contributed by atoms with Crippen molar-refractivity contribution in [3.63, 3.8) is 0 Å². The van der Waals surface area contributed by atoms with Gasteiger partial charge in [-0.2, -0.15) is 0 Å². The Balaban J connectivity index is 3.50. The van der Waals surface area contributed by atoms with E-state index in [2.05, 4.69) is 4.74 Å². The maximum Gasteiger partial charge on any atom is 0.302 e. The molecule has 0 fully saturated rings. The van der Waals surface area contributed by atoms with E-state index in [1.54, 1.807) is 0 Å². The van der Waals surface area contributed by atoms with Gasteiger partial charge in [0, 0.05) is 6.92 Å². The minimum absolute atomic E-state index is 0.438. The van der Waals surface area contributed by atoms with E-state index in [-0.39, 0.29) is 0 Å². The van der Waals surface area contributed by atoms with Crippen molar-refractivity contribution in [2.45, 2.75) is 33.0 Å². The molecule has 0 aromatic heterocycles. The van der Waals surface area contributed by atoms with Crippen LogP contribution in [-0.4, -0.2) is 18.2 Å². The summed E-state index contributed by atoms with van der Waals surface area (Å²) in [6, 6.07) is 0. The summed E-state index contributed by atoms with van der Waals surface area (Å²) in [5.41, 5.74) is 0. The summed E-state index contributed by atoms with van der Waals surface area (Å²) >= 11 is 0. The number of ether oxygens (including phenoxy) is 1. The van der Waals surface area contributed by atoms with Gasteiger partial charge in [-0.3, -0.25) is 4.79 Å². The van der Waals surface area contributed by atoms with Crippen LogP contribution in [0.4, 0.5) is 4.39 Å². The highest BCUT2D eigenvalue weighted by Gasteiger charge is 2.12. The molecule has 0 aromatic rings. The molecule has 0 aliphatic heterocycles. The quantitative estimate of drug-likeness (QED) is 0.532. The van der Waals surface area contributed by atoms with Crippen LogP contribution in [0.25, 0.3) is 0 Å². The van der Waals surface area contributed by atoms with Gasteiger partial charge in [0.25, 0.3) is 0 Å². The standard InChI is InChI=1S/C6H11FO2/c1-4(7)5(2)9-6(3)8/h4-5H,1-3H3. The molecule has 2 atom stereocenters. The van der Waals surface area contributed by atoms with Crippen molar-refractivity contribution in [3.8, 4) is 0 Å². The number of halogens is 1. The molecule has 0 aromatic carbocycles. The van der Waals surface area contributed by atoms with Crippen LogP contribution in [0, 0.1) is 0 Å². The van der Waals surface area contributed by atoms with Crippen LogP contribution in [0.3, 0.4) is 0 Å². The van der Waals surface area contributed by atoms with Crippen molar-refractivity contribution < 1.29 is 13.9 Å². The predicted octanol–water partition coefficient (Wildman–Crippen LogP) is 1.30. The second kappa shape index (κ2) is 3.43. The summed E-state index contributed by atoms with van der Waals surface area (Å²) in [7, 11) is 0. The van der Waals surface area contributed by atoms with Crippen LogP contribution in [0.2, 0.25) is 0 Å². The van der Waals surface area contributed by atoms with Gasteiger partial charge in [-0.05, 0) is 13.8 Å². The van der Waals surface area contributed by atoms with Gasteiger partial charge in [-0.1, -0.05) is 0 Å². The molecular weight excluding hydrogens is 123 g/mol. The predicted molar refractivity (Wildman–Crippen MR) is 31.8 cm³/mol. The Hall–Kier alpha value is -0.600. The summed E-state index contributed by atoms with van der Waals surface area (Å²) in [4.78, 5) is 10.2. The molecule has 0 amide bonds. The fourth-order valence-corrected chi connectivity index (χ4v) is 0.356. The van der Waals surface area contributed by atoms with Crippen LogP contribution < -0.4 is 0 Å². The molecule has 0 aliphatic rings. The summed E-state index contributed by atoms with van der Waals surface area (Å²) in [5.74, 6) is -0.438. The lowest BCUT2D eigenvalue weighted by molar-refractivity contribution is -0.148. The SMILES string of the molecule is CC(=O)OC(C)C(C)F. The molecule has 0 saturated carbocycles. The molecule has 0 bridgehead atoms. The fourth-order valence-electron chi connectivity index (χ4n) is 0.356. The fraction of sp³-hybridized carbons (Fsp3) is 0.833. The van der Waals surface area contributed by atoms with E-state index < -0.39 is 18.2 Å². The van der Waals surface area contributed by atoms with E-state index >= 15 is 0 Å². The van der Waals surface area contributed by atoms with Gasteiger partial charge in [-0.15, -0.1) is 0 Å². The maximum atomic E-state index is 12.2. The molecule has 2 unspecified atom stereocenters. The summed E-state index contributed by atoms with van der Waals surface area (Å²) in [6.45, 7) is 4.14. The number of rotatable bonds is 2. The average Bonchev–Trinajstić information content (AvgIpc) is 1.63. The molecule has 0 rings (SSSR count). The Morgan fingerprint density at radius 2 is 2.00 bits per heavy atom. The third-order valence-electron chi connectivity index (χ3n) is 0.999. The highest BCUT2D eigenvalue weighted by atomic mass is 19.1. The zero-order valence-corrected chi connectivity index (χ0v) is 5.85. The first-order chi connectivity index (χ1) is 4.04. The molecule has 0 aliphatic carbocycles. The molecule has 0 spiro atoms. The molecule has 3 heteroatoms. The number of esters is 1. The van der Waals surface area contributed by atoms with Crippen LogP contribution in [0.15, 0.2) is 0 Å². The van der Waals surface area contributed by atoms with Crippen molar-refractivity contribution in [1.82, 2.24) is 0 Å². The van der Waals surface area contributed by atoms with E-state index in [9.17, 15) is 9.18 Å². The van der Waals surface area contributed by atoms with E-state index in [0.29, 0.717) is 0 Å². The number of carbonyl (C=O) groups excluding carboxylic acids is 1. The smallest absolute Gasteiger partial charge is 0.302 e. The summed E-state index contributed by atoms with van der Waals surface area (Å²) in [5, 5.41) is 0. The van der Waals surface area contributed by atoms with Crippen LogP contribution in [-0.2, 0) is 9.53 Å². The van der Waals surface area contributed by atoms with Gasteiger partial charge in [0.15, 0.2) is 0 Å². The molecule has 0 saturated heterocycles. The lowest BCUT2D eigenvalue weighted by atomic mass is 10.3. The zero-order chi connectivity index (χ0) is 7.44. The lowest BCUT2D eigenvalue weighted by Gasteiger charge is -2.11. The Morgan fingerprint density at radius 1 is 1.56 bits per heavy atom. The van der Waals surface area contributed by atoms with E-state index in [1.807, 2.05) is 0 Å². The first-order valence-electron chi connectivity index (χ1n) is 2.85. The van der Waals surface area contributed by atoms with Gasteiger partial charge in [-0.25, -0.2) is 4.39 Å². The molecule has 2 nitrogen and oxygen atoms in total. The van der Waals surface area contributed by atoms with Crippen molar-refractivity contribution in [2.24, 2.45) is 0 Å². The van der Waals surface area contributed by atoms with E-state index in [1.165, 1.54) is 20.8 Å². The largest absolute Gasteiger partial charge is 0.460 e. The molecule has 9 heavy (non-hydrogen) atoms. The Labute approximate surface area is 54.0 Å². The minimum Gasteiger partial charge on any atom is -0.460 e. The summed E-state index contributed by atoms with van der Waals surface area (Å²) < 4.78 is 16.7. The lowest BCUT2D eigenvalue weighted by Crippen LogP contribution is -2.21. The normalized spacial score (nSPS) is 16.4. The van der Waals surface area contributed by atoms with E-state index in [0.717, 1.165) is 0 Å². The first kappa shape index (κ1) is 8.40. The molecule has 0 N–H and O–H groups in total. The molecule has 54 valence electrons. The molecule has 0 heterocycles. The Bertz CT molecular complexity index is 101. The number of alkyl halides is 1. The van der Waals surface area contributed by atoms with Gasteiger partial charge < -0.3 is 4.74 Å². The van der Waals surface area contributed by atoms with Gasteiger partial charge in [0.2, 0.25) is 0 Å². The number of carbonyl (C=O) groups is 1. The van der Waals surface area contributed by atoms with Crippen LogP contribution in [0.1, 0.15) is 20.8 Å². The average molecular weight is 134 g/mol. The zero-order valence-electron chi connectivity index (χ0n) is 5.85. The van der Waals surface area contributed by atoms with Crippen molar-refractivity contribution >= 4 is 5.97 Å². The highest BCUT2D eigenvalue weighted by molar-refractivity contribution is 5.66. The summed E-state index contributed by atoms with van der Waals surface area (Å²) in [6.07, 6.45) is -1.71. The minimum atomic E-state index is -1.09. The molecule has 0 radical (unpaired) electrons. The Morgan fingerprint density at radius 3 is 2.11 bits per heavy atom. The third kappa shape index (κ3) is 3.94. The van der Waals surface area contributed by atoms with Crippen molar-refractivity contribution in [2.75, 3.05) is 0 Å². The topological polar surface area (TPSA) is 26.3 Å². The second-order valence-corrected chi connectivity index (χ2v) is 1.99. The van der Waals surface area contributed by atoms with Crippen LogP contribution in [0.5, 0.6) is 0 Å². The van der Waals surface area contributed by atoms with Gasteiger partial charge in [0.05, 0.1) is 0 Å². The number of hydrogen-bond acceptors (Lipinski definition) is 2. The maximum absolute atomic E-state index is 12.2. The van der Waals surface area contributed by atoms with Crippen molar-refractivity contribution in [3.05, 3.63) is 0 Å². The van der Waals surface area contributed by atoms with Gasteiger partial charge >= 0.3 is 5.97 Å². The van der Waals surface area contributed by atoms with E-state index in [4.69, 9.17) is 0 Å². The Kier molecular flexibility index (Phi) is 3.20. The third-order valence-corrected chi connectivity index (χ3v) is 0.999.